The van der Waals surface area contributed by atoms with Crippen LogP contribution in [0.3, 0.4) is 0 Å². The van der Waals surface area contributed by atoms with Crippen molar-refractivity contribution in [2.24, 2.45) is 0 Å². The minimum absolute atomic E-state index is 0.195. The van der Waals surface area contributed by atoms with Gasteiger partial charge < -0.3 is 5.32 Å². The zero-order valence-electron chi connectivity index (χ0n) is 10.4. The molecule has 0 unspecified atom stereocenters. The van der Waals surface area contributed by atoms with Gasteiger partial charge in [-0.05, 0) is 35.9 Å². The second-order valence-electron chi connectivity index (χ2n) is 4.16. The van der Waals surface area contributed by atoms with Gasteiger partial charge in [0, 0.05) is 5.02 Å². The van der Waals surface area contributed by atoms with E-state index in [4.69, 9.17) is 28.5 Å². The second kappa shape index (κ2) is 6.42. The average Bonchev–Trinajstić information content (AvgIpc) is 2.43. The van der Waals surface area contributed by atoms with E-state index in [9.17, 15) is 4.79 Å². The van der Waals surface area contributed by atoms with Crippen molar-refractivity contribution in [2.75, 3.05) is 5.32 Å². The van der Waals surface area contributed by atoms with Gasteiger partial charge in [0.15, 0.2) is 0 Å². The summed E-state index contributed by atoms with van der Waals surface area (Å²) in [6, 6.07) is 13.8. The van der Waals surface area contributed by atoms with Crippen LogP contribution < -0.4 is 5.32 Å². The second-order valence-corrected chi connectivity index (χ2v) is 5.00. The smallest absolute Gasteiger partial charge is 0.228 e. The van der Waals surface area contributed by atoms with Crippen molar-refractivity contribution in [3.8, 4) is 6.07 Å². The van der Waals surface area contributed by atoms with Crippen LogP contribution in [0.1, 0.15) is 11.1 Å². The maximum Gasteiger partial charge on any atom is 0.228 e. The van der Waals surface area contributed by atoms with Crippen molar-refractivity contribution < 1.29 is 4.79 Å². The van der Waals surface area contributed by atoms with Gasteiger partial charge in [-0.2, -0.15) is 5.26 Å². The Labute approximate surface area is 126 Å². The van der Waals surface area contributed by atoms with Crippen LogP contribution in [0.4, 0.5) is 5.69 Å². The van der Waals surface area contributed by atoms with Gasteiger partial charge in [0.2, 0.25) is 5.91 Å². The molecule has 2 aromatic carbocycles. The summed E-state index contributed by atoms with van der Waals surface area (Å²) in [7, 11) is 0. The van der Waals surface area contributed by atoms with Gasteiger partial charge in [0.05, 0.1) is 28.8 Å². The van der Waals surface area contributed by atoms with E-state index >= 15 is 0 Å². The molecule has 1 amide bonds. The van der Waals surface area contributed by atoms with Crippen LogP contribution in [0, 0.1) is 11.3 Å². The molecule has 20 heavy (non-hydrogen) atoms. The number of anilines is 1. The van der Waals surface area contributed by atoms with Gasteiger partial charge in [-0.1, -0.05) is 35.3 Å². The molecule has 0 aliphatic carbocycles. The van der Waals surface area contributed by atoms with Crippen molar-refractivity contribution >= 4 is 34.8 Å². The number of nitrogens with zero attached hydrogens (tertiary/aromatic N) is 1. The third-order valence-corrected chi connectivity index (χ3v) is 3.21. The van der Waals surface area contributed by atoms with Crippen LogP contribution in [0.5, 0.6) is 0 Å². The first-order valence-corrected chi connectivity index (χ1v) is 6.58. The fraction of sp³-hybridized carbons (Fsp3) is 0.0667. The normalized spacial score (nSPS) is 9.85. The lowest BCUT2D eigenvalue weighted by molar-refractivity contribution is -0.115. The quantitative estimate of drug-likeness (QED) is 0.930. The molecule has 0 fully saturated rings. The SMILES string of the molecule is N#Cc1ccc(CC(=O)Nc2cc(Cl)ccc2Cl)cc1. The highest BCUT2D eigenvalue weighted by atomic mass is 35.5. The Hall–Kier alpha value is -2.02. The Kier molecular flexibility index (Phi) is 4.62. The number of halogens is 2. The lowest BCUT2D eigenvalue weighted by Crippen LogP contribution is -2.14. The maximum atomic E-state index is 11.9. The van der Waals surface area contributed by atoms with Crippen LogP contribution in [0.25, 0.3) is 0 Å². The summed E-state index contributed by atoms with van der Waals surface area (Å²) in [5.41, 5.74) is 1.87. The number of amides is 1. The highest BCUT2D eigenvalue weighted by Gasteiger charge is 2.07. The molecule has 0 aliphatic rings. The molecule has 5 heteroatoms. The number of carbonyl (C=O) groups is 1. The van der Waals surface area contributed by atoms with Crippen molar-refractivity contribution in [3.05, 3.63) is 63.6 Å². The van der Waals surface area contributed by atoms with Crippen LogP contribution in [0.2, 0.25) is 10.0 Å². The largest absolute Gasteiger partial charge is 0.324 e. The minimum Gasteiger partial charge on any atom is -0.324 e. The van der Waals surface area contributed by atoms with Gasteiger partial charge in [-0.25, -0.2) is 0 Å². The van der Waals surface area contributed by atoms with E-state index in [-0.39, 0.29) is 12.3 Å². The number of carbonyl (C=O) groups excluding carboxylic acids is 1. The molecule has 3 nitrogen and oxygen atoms in total. The standard InChI is InChI=1S/C15H10Cl2N2O/c16-12-5-6-13(17)14(8-12)19-15(20)7-10-1-3-11(9-18)4-2-10/h1-6,8H,7H2,(H,19,20). The monoisotopic (exact) mass is 304 g/mol. The fourth-order valence-electron chi connectivity index (χ4n) is 1.67. The first-order valence-electron chi connectivity index (χ1n) is 5.82. The van der Waals surface area contributed by atoms with Crippen molar-refractivity contribution in [2.45, 2.75) is 6.42 Å². The summed E-state index contributed by atoms with van der Waals surface area (Å²) in [5, 5.41) is 12.3. The van der Waals surface area contributed by atoms with Crippen LogP contribution >= 0.6 is 23.2 Å². The number of nitrogens with one attached hydrogen (secondary N) is 1. The first-order chi connectivity index (χ1) is 9.58. The van der Waals surface area contributed by atoms with E-state index in [0.29, 0.717) is 21.3 Å². The van der Waals surface area contributed by atoms with E-state index in [0.717, 1.165) is 5.56 Å². The van der Waals surface area contributed by atoms with Gasteiger partial charge in [0.25, 0.3) is 0 Å². The fourth-order valence-corrected chi connectivity index (χ4v) is 2.01. The van der Waals surface area contributed by atoms with E-state index in [1.54, 1.807) is 42.5 Å². The Morgan fingerprint density at radius 2 is 1.85 bits per heavy atom. The molecule has 1 N–H and O–H groups in total. The third kappa shape index (κ3) is 3.74. The average molecular weight is 305 g/mol. The summed E-state index contributed by atoms with van der Waals surface area (Å²) in [6.07, 6.45) is 0.203. The summed E-state index contributed by atoms with van der Waals surface area (Å²) in [4.78, 5) is 11.9. The third-order valence-electron chi connectivity index (χ3n) is 2.65. The molecule has 0 radical (unpaired) electrons. The summed E-state index contributed by atoms with van der Waals surface area (Å²) in [6.45, 7) is 0. The van der Waals surface area contributed by atoms with Crippen molar-refractivity contribution in [3.63, 3.8) is 0 Å². The molecular weight excluding hydrogens is 295 g/mol. The molecule has 0 aromatic heterocycles. The number of hydrogen-bond acceptors (Lipinski definition) is 2. The van der Waals surface area contributed by atoms with Crippen LogP contribution in [-0.4, -0.2) is 5.91 Å². The molecule has 0 saturated carbocycles. The summed E-state index contributed by atoms with van der Waals surface area (Å²) < 4.78 is 0. The van der Waals surface area contributed by atoms with E-state index in [1.165, 1.54) is 0 Å². The minimum atomic E-state index is -0.195. The van der Waals surface area contributed by atoms with Crippen molar-refractivity contribution in [1.82, 2.24) is 0 Å². The van der Waals surface area contributed by atoms with Gasteiger partial charge in [0.1, 0.15) is 0 Å². The first kappa shape index (κ1) is 14.4. The molecule has 2 rings (SSSR count). The molecule has 0 saturated heterocycles. The molecule has 0 heterocycles. The lowest BCUT2D eigenvalue weighted by Gasteiger charge is -2.07. The number of benzene rings is 2. The molecule has 0 aliphatic heterocycles. The van der Waals surface area contributed by atoms with E-state index in [2.05, 4.69) is 5.32 Å². The molecule has 2 aromatic rings. The Bertz CT molecular complexity index is 675. The van der Waals surface area contributed by atoms with Crippen LogP contribution in [0.15, 0.2) is 42.5 Å². The lowest BCUT2D eigenvalue weighted by atomic mass is 10.1. The molecular formula is C15H10Cl2N2O. The Morgan fingerprint density at radius 1 is 1.15 bits per heavy atom. The number of rotatable bonds is 3. The summed E-state index contributed by atoms with van der Waals surface area (Å²) >= 11 is 11.8. The molecule has 100 valence electrons. The highest BCUT2D eigenvalue weighted by molar-refractivity contribution is 6.35. The van der Waals surface area contributed by atoms with E-state index < -0.39 is 0 Å². The van der Waals surface area contributed by atoms with Gasteiger partial charge in [-0.15, -0.1) is 0 Å². The highest BCUT2D eigenvalue weighted by Crippen LogP contribution is 2.25. The van der Waals surface area contributed by atoms with Gasteiger partial charge in [-0.3, -0.25) is 4.79 Å². The maximum absolute atomic E-state index is 11.9. The predicted molar refractivity (Wildman–Crippen MR) is 80.0 cm³/mol. The zero-order valence-corrected chi connectivity index (χ0v) is 11.9. The number of hydrogen-bond donors (Lipinski definition) is 1. The summed E-state index contributed by atoms with van der Waals surface area (Å²) in [5.74, 6) is -0.195. The Morgan fingerprint density at radius 3 is 2.50 bits per heavy atom. The Balaban J connectivity index is 2.05. The molecule has 0 bridgehead atoms. The van der Waals surface area contributed by atoms with E-state index in [1.807, 2.05) is 6.07 Å². The number of nitriles is 1. The predicted octanol–water partition coefficient (Wildman–Crippen LogP) is 4.05. The van der Waals surface area contributed by atoms with Crippen LogP contribution in [-0.2, 0) is 11.2 Å². The van der Waals surface area contributed by atoms with Crippen molar-refractivity contribution in [1.29, 1.82) is 5.26 Å². The topological polar surface area (TPSA) is 52.9 Å². The molecule has 0 spiro atoms. The zero-order chi connectivity index (χ0) is 14.5. The molecule has 0 atom stereocenters. The van der Waals surface area contributed by atoms with Gasteiger partial charge >= 0.3 is 0 Å².